The van der Waals surface area contributed by atoms with E-state index in [1.807, 2.05) is 6.92 Å². The molecule has 6 heteroatoms. The minimum absolute atomic E-state index is 0.0182. The normalized spacial score (nSPS) is 18.9. The van der Waals surface area contributed by atoms with Crippen molar-refractivity contribution in [3.05, 3.63) is 24.4 Å². The molecule has 0 spiro atoms. The van der Waals surface area contributed by atoms with Crippen molar-refractivity contribution in [1.29, 1.82) is 0 Å². The minimum atomic E-state index is -3.47. The van der Waals surface area contributed by atoms with Gasteiger partial charge in [0.25, 0.3) is 0 Å². The van der Waals surface area contributed by atoms with Crippen molar-refractivity contribution in [1.82, 2.24) is 14.9 Å². The molecular formula is C15H21N3O2S. The highest BCUT2D eigenvalue weighted by Crippen LogP contribution is 2.27. The molecule has 1 aliphatic carbocycles. The zero-order valence-corrected chi connectivity index (χ0v) is 13.0. The molecule has 0 amide bonds. The summed E-state index contributed by atoms with van der Waals surface area (Å²) < 4.78 is 27.9. The second-order valence-electron chi connectivity index (χ2n) is 5.93. The Balaban J connectivity index is 1.78. The highest BCUT2D eigenvalue weighted by atomic mass is 32.2. The fourth-order valence-electron chi connectivity index (χ4n) is 3.13. The first kappa shape index (κ1) is 14.5. The van der Waals surface area contributed by atoms with E-state index in [4.69, 9.17) is 0 Å². The topological polar surface area (TPSA) is 74.8 Å². The highest BCUT2D eigenvalue weighted by molar-refractivity contribution is 7.89. The van der Waals surface area contributed by atoms with Gasteiger partial charge in [-0.25, -0.2) is 13.1 Å². The SMILES string of the molecule is CC(NS(=O)(=O)c1ccc2[nH]ncc2c1)C1CCCCC1. The number of fused-ring (bicyclic) bond motifs is 1. The average Bonchev–Trinajstić information content (AvgIpc) is 2.95. The number of nitrogens with zero attached hydrogens (tertiary/aromatic N) is 1. The Labute approximate surface area is 125 Å². The molecule has 114 valence electrons. The molecule has 21 heavy (non-hydrogen) atoms. The Bertz CT molecular complexity index is 717. The maximum Gasteiger partial charge on any atom is 0.240 e. The average molecular weight is 307 g/mol. The van der Waals surface area contributed by atoms with Crippen molar-refractivity contribution >= 4 is 20.9 Å². The summed E-state index contributed by atoms with van der Waals surface area (Å²) in [6.45, 7) is 1.98. The molecule has 5 nitrogen and oxygen atoms in total. The van der Waals surface area contributed by atoms with E-state index in [2.05, 4.69) is 14.9 Å². The summed E-state index contributed by atoms with van der Waals surface area (Å²) in [6, 6.07) is 5.02. The third-order valence-corrected chi connectivity index (χ3v) is 5.98. The fourth-order valence-corrected chi connectivity index (χ4v) is 4.48. The standard InChI is InChI=1S/C15H21N3O2S/c1-11(12-5-3-2-4-6-12)18-21(19,20)14-7-8-15-13(9-14)10-16-17-15/h7-12,18H,2-6H2,1H3,(H,16,17). The minimum Gasteiger partial charge on any atom is -0.278 e. The van der Waals surface area contributed by atoms with Gasteiger partial charge >= 0.3 is 0 Å². The lowest BCUT2D eigenvalue weighted by Crippen LogP contribution is -2.38. The van der Waals surface area contributed by atoms with Gasteiger partial charge < -0.3 is 0 Å². The molecule has 0 aliphatic heterocycles. The third-order valence-electron chi connectivity index (χ3n) is 4.42. The molecule has 1 saturated carbocycles. The van der Waals surface area contributed by atoms with E-state index in [9.17, 15) is 8.42 Å². The summed E-state index contributed by atoms with van der Waals surface area (Å²) in [6.07, 6.45) is 7.55. The number of H-pyrrole nitrogens is 1. The predicted molar refractivity (Wildman–Crippen MR) is 82.5 cm³/mol. The smallest absolute Gasteiger partial charge is 0.240 e. The van der Waals surface area contributed by atoms with Gasteiger partial charge in [-0.2, -0.15) is 5.10 Å². The van der Waals surface area contributed by atoms with Crippen molar-refractivity contribution in [2.45, 2.75) is 50.0 Å². The number of nitrogens with one attached hydrogen (secondary N) is 2. The number of hydrogen-bond acceptors (Lipinski definition) is 3. The third kappa shape index (κ3) is 3.11. The van der Waals surface area contributed by atoms with E-state index in [0.717, 1.165) is 23.7 Å². The predicted octanol–water partition coefficient (Wildman–Crippen LogP) is 2.81. The fraction of sp³-hybridized carbons (Fsp3) is 0.533. The van der Waals surface area contributed by atoms with Crippen molar-refractivity contribution < 1.29 is 8.42 Å². The van der Waals surface area contributed by atoms with Gasteiger partial charge in [-0.1, -0.05) is 19.3 Å². The van der Waals surface area contributed by atoms with Crippen LogP contribution in [0.1, 0.15) is 39.0 Å². The van der Waals surface area contributed by atoms with E-state index in [1.54, 1.807) is 24.4 Å². The molecule has 0 radical (unpaired) electrons. The number of aromatic nitrogens is 2. The van der Waals surface area contributed by atoms with E-state index >= 15 is 0 Å². The lowest BCUT2D eigenvalue weighted by Gasteiger charge is -2.28. The van der Waals surface area contributed by atoms with Crippen LogP contribution in [-0.2, 0) is 10.0 Å². The summed E-state index contributed by atoms with van der Waals surface area (Å²) in [5.41, 5.74) is 0.842. The van der Waals surface area contributed by atoms with Gasteiger partial charge in [0.15, 0.2) is 0 Å². The van der Waals surface area contributed by atoms with Crippen LogP contribution in [0.3, 0.4) is 0 Å². The van der Waals surface area contributed by atoms with Crippen LogP contribution in [0.2, 0.25) is 0 Å². The van der Waals surface area contributed by atoms with E-state index in [1.165, 1.54) is 19.3 Å². The van der Waals surface area contributed by atoms with Gasteiger partial charge in [-0.05, 0) is 43.9 Å². The summed E-state index contributed by atoms with van der Waals surface area (Å²) in [5, 5.41) is 7.55. The molecule has 1 aliphatic rings. The zero-order valence-electron chi connectivity index (χ0n) is 12.2. The lowest BCUT2D eigenvalue weighted by atomic mass is 9.85. The molecule has 1 unspecified atom stereocenters. The molecule has 1 fully saturated rings. The number of benzene rings is 1. The monoisotopic (exact) mass is 307 g/mol. The molecular weight excluding hydrogens is 286 g/mol. The van der Waals surface area contributed by atoms with E-state index < -0.39 is 10.0 Å². The van der Waals surface area contributed by atoms with Crippen LogP contribution >= 0.6 is 0 Å². The Hall–Kier alpha value is -1.40. The molecule has 0 saturated heterocycles. The number of rotatable bonds is 4. The lowest BCUT2D eigenvalue weighted by molar-refractivity contribution is 0.303. The van der Waals surface area contributed by atoms with Crippen molar-refractivity contribution in [3.8, 4) is 0 Å². The molecule has 3 rings (SSSR count). The Morgan fingerprint density at radius 3 is 2.81 bits per heavy atom. The van der Waals surface area contributed by atoms with Gasteiger partial charge in [0.05, 0.1) is 16.6 Å². The summed E-state index contributed by atoms with van der Waals surface area (Å²) >= 11 is 0. The van der Waals surface area contributed by atoms with Crippen LogP contribution in [0.5, 0.6) is 0 Å². The van der Waals surface area contributed by atoms with E-state index in [-0.39, 0.29) is 6.04 Å². The Kier molecular flexibility index (Phi) is 3.99. The van der Waals surface area contributed by atoms with Gasteiger partial charge in [-0.15, -0.1) is 0 Å². The molecule has 1 aromatic carbocycles. The number of hydrogen-bond donors (Lipinski definition) is 2. The van der Waals surface area contributed by atoms with Crippen LogP contribution in [0.15, 0.2) is 29.3 Å². The zero-order chi connectivity index (χ0) is 14.9. The van der Waals surface area contributed by atoms with Gasteiger partial charge in [0, 0.05) is 11.4 Å². The highest BCUT2D eigenvalue weighted by Gasteiger charge is 2.25. The molecule has 1 aromatic heterocycles. The summed E-state index contributed by atoms with van der Waals surface area (Å²) in [7, 11) is -3.47. The maximum absolute atomic E-state index is 12.5. The van der Waals surface area contributed by atoms with Gasteiger partial charge in [-0.3, -0.25) is 5.10 Å². The van der Waals surface area contributed by atoms with E-state index in [0.29, 0.717) is 10.8 Å². The number of aromatic amines is 1. The van der Waals surface area contributed by atoms with Crippen molar-refractivity contribution in [3.63, 3.8) is 0 Å². The Morgan fingerprint density at radius 2 is 2.05 bits per heavy atom. The quantitative estimate of drug-likeness (QED) is 0.912. The number of sulfonamides is 1. The van der Waals surface area contributed by atoms with Crippen LogP contribution in [0.25, 0.3) is 10.9 Å². The second kappa shape index (κ2) is 5.77. The summed E-state index contributed by atoms with van der Waals surface area (Å²) in [5.74, 6) is 0.450. The largest absolute Gasteiger partial charge is 0.278 e. The maximum atomic E-state index is 12.5. The molecule has 0 bridgehead atoms. The van der Waals surface area contributed by atoms with Crippen LogP contribution < -0.4 is 4.72 Å². The Morgan fingerprint density at radius 1 is 1.29 bits per heavy atom. The first-order valence-electron chi connectivity index (χ1n) is 7.52. The van der Waals surface area contributed by atoms with Gasteiger partial charge in [0.2, 0.25) is 10.0 Å². The summed E-state index contributed by atoms with van der Waals surface area (Å²) in [4.78, 5) is 0.305. The second-order valence-corrected chi connectivity index (χ2v) is 7.64. The van der Waals surface area contributed by atoms with Crippen LogP contribution in [0.4, 0.5) is 0 Å². The first-order chi connectivity index (χ1) is 10.1. The van der Waals surface area contributed by atoms with Crippen molar-refractivity contribution in [2.75, 3.05) is 0 Å². The van der Waals surface area contributed by atoms with Crippen molar-refractivity contribution in [2.24, 2.45) is 5.92 Å². The molecule has 1 heterocycles. The van der Waals surface area contributed by atoms with Crippen LogP contribution in [-0.4, -0.2) is 24.7 Å². The van der Waals surface area contributed by atoms with Gasteiger partial charge in [0.1, 0.15) is 0 Å². The first-order valence-corrected chi connectivity index (χ1v) is 9.00. The molecule has 2 N–H and O–H groups in total. The van der Waals surface area contributed by atoms with Crippen LogP contribution in [0, 0.1) is 5.92 Å². The molecule has 2 aromatic rings. The molecule has 1 atom stereocenters.